The van der Waals surface area contributed by atoms with Crippen molar-refractivity contribution in [2.45, 2.75) is 33.1 Å². The van der Waals surface area contributed by atoms with Crippen LogP contribution in [0.1, 0.15) is 33.1 Å². The Bertz CT molecular complexity index is 287. The SMILES string of the molecule is CCOC(=O)C(C)CN1CCC2(CCOCC2)C1. The van der Waals surface area contributed by atoms with E-state index < -0.39 is 0 Å². The van der Waals surface area contributed by atoms with Crippen LogP contribution in [0.3, 0.4) is 0 Å². The van der Waals surface area contributed by atoms with Gasteiger partial charge in [0.05, 0.1) is 12.5 Å². The minimum atomic E-state index is -0.0644. The van der Waals surface area contributed by atoms with Crippen molar-refractivity contribution in [3.05, 3.63) is 0 Å². The Kier molecular flexibility index (Phi) is 4.62. The maximum atomic E-state index is 11.6. The third-order valence-corrected chi connectivity index (χ3v) is 4.29. The first-order valence-corrected chi connectivity index (χ1v) is 7.12. The van der Waals surface area contributed by atoms with Gasteiger partial charge in [0.1, 0.15) is 0 Å². The highest BCUT2D eigenvalue weighted by atomic mass is 16.5. The van der Waals surface area contributed by atoms with Crippen molar-refractivity contribution in [2.75, 3.05) is 39.5 Å². The predicted octanol–water partition coefficient (Wildman–Crippen LogP) is 1.69. The van der Waals surface area contributed by atoms with E-state index in [-0.39, 0.29) is 11.9 Å². The molecule has 0 aliphatic carbocycles. The molecule has 104 valence electrons. The van der Waals surface area contributed by atoms with Crippen molar-refractivity contribution >= 4 is 5.97 Å². The van der Waals surface area contributed by atoms with E-state index in [0.29, 0.717) is 12.0 Å². The van der Waals surface area contributed by atoms with E-state index in [1.165, 1.54) is 19.3 Å². The third-order valence-electron chi connectivity index (χ3n) is 4.29. The normalized spacial score (nSPS) is 25.2. The van der Waals surface area contributed by atoms with Gasteiger partial charge in [-0.3, -0.25) is 4.79 Å². The van der Waals surface area contributed by atoms with Crippen LogP contribution in [0.5, 0.6) is 0 Å². The molecule has 0 amide bonds. The molecule has 0 saturated carbocycles. The molecular weight excluding hydrogens is 230 g/mol. The van der Waals surface area contributed by atoms with Crippen molar-refractivity contribution < 1.29 is 14.3 Å². The number of esters is 1. The Labute approximate surface area is 110 Å². The molecule has 4 nitrogen and oxygen atoms in total. The van der Waals surface area contributed by atoms with Gasteiger partial charge in [-0.25, -0.2) is 0 Å². The summed E-state index contributed by atoms with van der Waals surface area (Å²) in [5.74, 6) is -0.0784. The van der Waals surface area contributed by atoms with E-state index in [2.05, 4.69) is 4.90 Å². The Morgan fingerprint density at radius 1 is 1.39 bits per heavy atom. The van der Waals surface area contributed by atoms with Crippen LogP contribution in [0.25, 0.3) is 0 Å². The number of carbonyl (C=O) groups excluding carboxylic acids is 1. The Hall–Kier alpha value is -0.610. The first-order chi connectivity index (χ1) is 8.65. The number of hydrogen-bond acceptors (Lipinski definition) is 4. The molecule has 1 atom stereocenters. The van der Waals surface area contributed by atoms with E-state index in [0.717, 1.165) is 32.8 Å². The summed E-state index contributed by atoms with van der Waals surface area (Å²) in [6.07, 6.45) is 3.61. The van der Waals surface area contributed by atoms with Gasteiger partial charge in [-0.1, -0.05) is 6.92 Å². The summed E-state index contributed by atoms with van der Waals surface area (Å²) >= 11 is 0. The molecule has 2 saturated heterocycles. The van der Waals surface area contributed by atoms with Gasteiger partial charge in [0.15, 0.2) is 0 Å². The van der Waals surface area contributed by atoms with Crippen LogP contribution in [-0.2, 0) is 14.3 Å². The van der Waals surface area contributed by atoms with Gasteiger partial charge < -0.3 is 14.4 Å². The molecule has 4 heteroatoms. The van der Waals surface area contributed by atoms with Crippen LogP contribution in [0.15, 0.2) is 0 Å². The van der Waals surface area contributed by atoms with Gasteiger partial charge in [0.2, 0.25) is 0 Å². The number of rotatable bonds is 4. The average Bonchev–Trinajstić information content (AvgIpc) is 2.73. The van der Waals surface area contributed by atoms with Crippen LogP contribution >= 0.6 is 0 Å². The fourth-order valence-corrected chi connectivity index (χ4v) is 3.14. The molecule has 2 fully saturated rings. The standard InChI is InChI=1S/C14H25NO3/c1-3-18-13(16)12(2)10-15-7-4-14(11-15)5-8-17-9-6-14/h12H,3-11H2,1-2H3. The summed E-state index contributed by atoms with van der Waals surface area (Å²) in [5.41, 5.74) is 0.465. The van der Waals surface area contributed by atoms with Crippen LogP contribution in [0.2, 0.25) is 0 Å². The molecule has 2 rings (SSSR count). The first kappa shape index (κ1) is 13.8. The number of nitrogens with zero attached hydrogens (tertiary/aromatic N) is 1. The molecule has 2 aliphatic rings. The second-order valence-electron chi connectivity index (χ2n) is 5.75. The van der Waals surface area contributed by atoms with E-state index in [9.17, 15) is 4.79 Å². The van der Waals surface area contributed by atoms with Gasteiger partial charge in [-0.2, -0.15) is 0 Å². The van der Waals surface area contributed by atoms with Crippen LogP contribution in [0, 0.1) is 11.3 Å². The molecule has 0 aromatic carbocycles. The lowest BCUT2D eigenvalue weighted by atomic mass is 9.80. The van der Waals surface area contributed by atoms with Crippen molar-refractivity contribution in [3.8, 4) is 0 Å². The molecule has 1 spiro atoms. The molecule has 0 N–H and O–H groups in total. The summed E-state index contributed by atoms with van der Waals surface area (Å²) in [6.45, 7) is 9.18. The van der Waals surface area contributed by atoms with Crippen molar-refractivity contribution in [1.29, 1.82) is 0 Å². The molecule has 0 aromatic rings. The molecular formula is C14H25NO3. The third kappa shape index (κ3) is 3.23. The van der Waals surface area contributed by atoms with E-state index in [1.54, 1.807) is 0 Å². The largest absolute Gasteiger partial charge is 0.466 e. The van der Waals surface area contributed by atoms with E-state index in [1.807, 2.05) is 13.8 Å². The molecule has 0 radical (unpaired) electrons. The first-order valence-electron chi connectivity index (χ1n) is 7.12. The second-order valence-corrected chi connectivity index (χ2v) is 5.75. The minimum absolute atomic E-state index is 0.0139. The summed E-state index contributed by atoms with van der Waals surface area (Å²) in [5, 5.41) is 0. The second kappa shape index (κ2) is 6.02. The summed E-state index contributed by atoms with van der Waals surface area (Å²) in [7, 11) is 0. The number of hydrogen-bond donors (Lipinski definition) is 0. The summed E-state index contributed by atoms with van der Waals surface area (Å²) < 4.78 is 10.5. The summed E-state index contributed by atoms with van der Waals surface area (Å²) in [4.78, 5) is 14.1. The van der Waals surface area contributed by atoms with Gasteiger partial charge >= 0.3 is 5.97 Å². The molecule has 0 bridgehead atoms. The zero-order chi connectivity index (χ0) is 13.0. The molecule has 2 heterocycles. The van der Waals surface area contributed by atoms with Gasteiger partial charge in [0, 0.05) is 26.3 Å². The fraction of sp³-hybridized carbons (Fsp3) is 0.929. The van der Waals surface area contributed by atoms with E-state index >= 15 is 0 Å². The van der Waals surface area contributed by atoms with Crippen molar-refractivity contribution in [2.24, 2.45) is 11.3 Å². The highest BCUT2D eigenvalue weighted by molar-refractivity contribution is 5.72. The minimum Gasteiger partial charge on any atom is -0.466 e. The molecule has 18 heavy (non-hydrogen) atoms. The quantitative estimate of drug-likeness (QED) is 0.717. The van der Waals surface area contributed by atoms with Crippen LogP contribution in [0.4, 0.5) is 0 Å². The Morgan fingerprint density at radius 3 is 2.78 bits per heavy atom. The zero-order valence-electron chi connectivity index (χ0n) is 11.6. The lowest BCUT2D eigenvalue weighted by Gasteiger charge is -2.33. The van der Waals surface area contributed by atoms with Crippen molar-refractivity contribution in [3.63, 3.8) is 0 Å². The fourth-order valence-electron chi connectivity index (χ4n) is 3.14. The van der Waals surface area contributed by atoms with Crippen LogP contribution in [-0.4, -0.2) is 50.3 Å². The van der Waals surface area contributed by atoms with Gasteiger partial charge in [-0.15, -0.1) is 0 Å². The summed E-state index contributed by atoms with van der Waals surface area (Å²) in [6, 6.07) is 0. The lowest BCUT2D eigenvalue weighted by Crippen LogP contribution is -2.36. The molecule has 2 aliphatic heterocycles. The van der Waals surface area contributed by atoms with Gasteiger partial charge in [-0.05, 0) is 38.1 Å². The Balaban J connectivity index is 1.80. The molecule has 1 unspecified atom stereocenters. The topological polar surface area (TPSA) is 38.8 Å². The van der Waals surface area contributed by atoms with Crippen LogP contribution < -0.4 is 0 Å². The lowest BCUT2D eigenvalue weighted by molar-refractivity contribution is -0.148. The number of carbonyl (C=O) groups is 1. The maximum absolute atomic E-state index is 11.6. The highest BCUT2D eigenvalue weighted by Crippen LogP contribution is 2.39. The monoisotopic (exact) mass is 255 g/mol. The van der Waals surface area contributed by atoms with E-state index in [4.69, 9.17) is 9.47 Å². The number of ether oxygens (including phenoxy) is 2. The highest BCUT2D eigenvalue weighted by Gasteiger charge is 2.39. The molecule has 0 aromatic heterocycles. The smallest absolute Gasteiger partial charge is 0.309 e. The predicted molar refractivity (Wildman–Crippen MR) is 69.3 cm³/mol. The average molecular weight is 255 g/mol. The van der Waals surface area contributed by atoms with Gasteiger partial charge in [0.25, 0.3) is 0 Å². The maximum Gasteiger partial charge on any atom is 0.309 e. The zero-order valence-corrected chi connectivity index (χ0v) is 11.6. The Morgan fingerprint density at radius 2 is 2.11 bits per heavy atom. The number of likely N-dealkylation sites (tertiary alicyclic amines) is 1. The van der Waals surface area contributed by atoms with Crippen molar-refractivity contribution in [1.82, 2.24) is 4.90 Å².